The van der Waals surface area contributed by atoms with Crippen molar-refractivity contribution in [2.45, 2.75) is 30.6 Å². The van der Waals surface area contributed by atoms with E-state index in [1.165, 1.54) is 0 Å². The quantitative estimate of drug-likeness (QED) is 0.618. The predicted octanol–water partition coefficient (Wildman–Crippen LogP) is 2.80. The fourth-order valence-corrected chi connectivity index (χ4v) is 4.24. The number of halogens is 5. The highest BCUT2D eigenvalue weighted by molar-refractivity contribution is 7.89. The number of benzene rings is 1. The fourth-order valence-electron chi connectivity index (χ4n) is 3.75. The smallest absolute Gasteiger partial charge is 0.396 e. The van der Waals surface area contributed by atoms with Crippen LogP contribution >= 0.6 is 0 Å². The van der Waals surface area contributed by atoms with E-state index in [4.69, 9.17) is 9.88 Å². The van der Waals surface area contributed by atoms with Gasteiger partial charge in [-0.3, -0.25) is 4.79 Å². The van der Waals surface area contributed by atoms with E-state index in [1.807, 2.05) is 0 Å². The molecule has 8 nitrogen and oxygen atoms in total. The molecule has 2 atom stereocenters. The molecule has 2 unspecified atom stereocenters. The molecule has 1 fully saturated rings. The third-order valence-corrected chi connectivity index (χ3v) is 6.33. The van der Waals surface area contributed by atoms with Crippen LogP contribution in [0.4, 0.5) is 33.3 Å². The topological polar surface area (TPSA) is 115 Å². The van der Waals surface area contributed by atoms with Crippen LogP contribution in [0.1, 0.15) is 13.3 Å². The molecule has 3 N–H and O–H groups in total. The van der Waals surface area contributed by atoms with Crippen LogP contribution in [0.25, 0.3) is 0 Å². The SMILES string of the molecule is COc1c(N2CCC(C)(C(F)(F)F)C2C(=O)Nc2ccnc(S(N)(=O)=O)c2)ccc(F)c1F. The zero-order chi connectivity index (χ0) is 24.8. The third-order valence-electron chi connectivity index (χ3n) is 5.52. The van der Waals surface area contributed by atoms with Gasteiger partial charge < -0.3 is 15.0 Å². The summed E-state index contributed by atoms with van der Waals surface area (Å²) in [7, 11) is -3.23. The fraction of sp³-hybridized carbons (Fsp3) is 0.368. The molecule has 0 aliphatic carbocycles. The molecule has 0 radical (unpaired) electrons. The zero-order valence-corrected chi connectivity index (χ0v) is 18.1. The molecular formula is C19H19F5N4O4S. The van der Waals surface area contributed by atoms with E-state index in [0.717, 1.165) is 43.3 Å². The van der Waals surface area contributed by atoms with Gasteiger partial charge >= 0.3 is 6.18 Å². The second-order valence-electron chi connectivity index (χ2n) is 7.59. The van der Waals surface area contributed by atoms with Gasteiger partial charge in [0.05, 0.1) is 18.2 Å². The van der Waals surface area contributed by atoms with Gasteiger partial charge in [0.1, 0.15) is 6.04 Å². The molecule has 14 heteroatoms. The molecule has 2 heterocycles. The summed E-state index contributed by atoms with van der Waals surface area (Å²) >= 11 is 0. The van der Waals surface area contributed by atoms with Crippen LogP contribution < -0.4 is 20.1 Å². The maximum Gasteiger partial charge on any atom is 0.396 e. The van der Waals surface area contributed by atoms with Crippen molar-refractivity contribution in [2.24, 2.45) is 10.6 Å². The van der Waals surface area contributed by atoms with Crippen LogP contribution in [0.2, 0.25) is 0 Å². The minimum absolute atomic E-state index is 0.173. The third kappa shape index (κ3) is 4.44. The van der Waals surface area contributed by atoms with E-state index < -0.39 is 62.4 Å². The first-order chi connectivity index (χ1) is 15.2. The summed E-state index contributed by atoms with van der Waals surface area (Å²) in [5, 5.41) is 6.63. The molecule has 0 saturated carbocycles. The number of nitrogens with two attached hydrogens (primary N) is 1. The lowest BCUT2D eigenvalue weighted by molar-refractivity contribution is -0.218. The Hall–Kier alpha value is -3.00. The highest BCUT2D eigenvalue weighted by atomic mass is 32.2. The zero-order valence-electron chi connectivity index (χ0n) is 17.3. The van der Waals surface area contributed by atoms with Crippen LogP contribution in [0.15, 0.2) is 35.5 Å². The van der Waals surface area contributed by atoms with Crippen molar-refractivity contribution < 1.29 is 39.9 Å². The Kier molecular flexibility index (Phi) is 6.28. The van der Waals surface area contributed by atoms with Crippen molar-refractivity contribution in [3.63, 3.8) is 0 Å². The number of primary sulfonamides is 1. The Morgan fingerprint density at radius 2 is 1.97 bits per heavy atom. The molecule has 0 spiro atoms. The predicted molar refractivity (Wildman–Crippen MR) is 107 cm³/mol. The summed E-state index contributed by atoms with van der Waals surface area (Å²) in [5.74, 6) is -4.51. The van der Waals surface area contributed by atoms with E-state index in [-0.39, 0.29) is 17.9 Å². The monoisotopic (exact) mass is 494 g/mol. The number of alkyl halides is 3. The summed E-state index contributed by atoms with van der Waals surface area (Å²) in [4.78, 5) is 17.6. The summed E-state index contributed by atoms with van der Waals surface area (Å²) in [5.41, 5.74) is -3.00. The van der Waals surface area contributed by atoms with Gasteiger partial charge in [-0.1, -0.05) is 0 Å². The lowest BCUT2D eigenvalue weighted by atomic mass is 9.81. The first kappa shape index (κ1) is 24.6. The van der Waals surface area contributed by atoms with Crippen LogP contribution in [0, 0.1) is 17.0 Å². The van der Waals surface area contributed by atoms with Crippen molar-refractivity contribution in [2.75, 3.05) is 23.9 Å². The van der Waals surface area contributed by atoms with Gasteiger partial charge in [0.2, 0.25) is 11.7 Å². The lowest BCUT2D eigenvalue weighted by Crippen LogP contribution is -2.53. The minimum atomic E-state index is -4.85. The maximum atomic E-state index is 14.2. The Morgan fingerprint density at radius 1 is 1.30 bits per heavy atom. The molecule has 1 aromatic heterocycles. The van der Waals surface area contributed by atoms with Gasteiger partial charge in [0.15, 0.2) is 16.6 Å². The molecule has 1 aromatic carbocycles. The van der Waals surface area contributed by atoms with Gasteiger partial charge in [0, 0.05) is 24.5 Å². The van der Waals surface area contributed by atoms with Crippen LogP contribution in [-0.4, -0.2) is 45.2 Å². The molecule has 180 valence electrons. The van der Waals surface area contributed by atoms with Gasteiger partial charge in [-0.25, -0.2) is 22.9 Å². The molecule has 33 heavy (non-hydrogen) atoms. The first-order valence-electron chi connectivity index (χ1n) is 9.36. The summed E-state index contributed by atoms with van der Waals surface area (Å²) in [6, 6.07) is 1.85. The Labute approximate surface area is 185 Å². The molecule has 1 aliphatic heterocycles. The first-order valence-corrected chi connectivity index (χ1v) is 10.9. The van der Waals surface area contributed by atoms with Crippen LogP contribution in [-0.2, 0) is 14.8 Å². The molecule has 2 aromatic rings. The normalized spacial score (nSPS) is 21.2. The van der Waals surface area contributed by atoms with Crippen molar-refractivity contribution in [1.29, 1.82) is 0 Å². The van der Waals surface area contributed by atoms with Gasteiger partial charge in [0.25, 0.3) is 10.0 Å². The largest absolute Gasteiger partial charge is 0.491 e. The van der Waals surface area contributed by atoms with Gasteiger partial charge in [-0.15, -0.1) is 0 Å². The number of amides is 1. The number of aromatic nitrogens is 1. The summed E-state index contributed by atoms with van der Waals surface area (Å²) in [6.07, 6.45) is -4.38. The lowest BCUT2D eigenvalue weighted by Gasteiger charge is -2.36. The summed E-state index contributed by atoms with van der Waals surface area (Å²) < 4.78 is 97.9. The molecular weight excluding hydrogens is 475 g/mol. The standard InChI is InChI=1S/C19H19F5N4O4S/c1-18(19(22,23)24)6-8-28(12-4-3-11(20)14(21)15(12)32-2)16(18)17(29)27-10-5-7-26-13(9-10)33(25,30)31/h3-5,7,9,16H,6,8H2,1-2H3,(H2,25,30,31)(H,26,27,29). The van der Waals surface area contributed by atoms with E-state index in [9.17, 15) is 35.2 Å². The number of carbonyl (C=O) groups is 1. The number of nitrogens with one attached hydrogen (secondary N) is 1. The summed E-state index contributed by atoms with van der Waals surface area (Å²) in [6.45, 7) is 0.514. The highest BCUT2D eigenvalue weighted by Crippen LogP contribution is 2.52. The van der Waals surface area contributed by atoms with E-state index >= 15 is 0 Å². The van der Waals surface area contributed by atoms with Gasteiger partial charge in [-0.05, 0) is 31.5 Å². The molecule has 3 rings (SSSR count). The number of sulfonamides is 1. The van der Waals surface area contributed by atoms with Crippen molar-refractivity contribution in [3.8, 4) is 5.75 Å². The number of rotatable bonds is 5. The Bertz CT molecular complexity index is 1190. The second kappa shape index (κ2) is 8.41. The van der Waals surface area contributed by atoms with E-state index in [2.05, 4.69) is 10.3 Å². The van der Waals surface area contributed by atoms with Crippen molar-refractivity contribution in [1.82, 2.24) is 4.98 Å². The second-order valence-corrected chi connectivity index (χ2v) is 9.10. The molecule has 0 bridgehead atoms. The van der Waals surface area contributed by atoms with Gasteiger partial charge in [-0.2, -0.15) is 17.6 Å². The molecule has 1 amide bonds. The average molecular weight is 494 g/mol. The molecule has 1 saturated heterocycles. The minimum Gasteiger partial charge on any atom is -0.491 e. The Balaban J connectivity index is 2.08. The van der Waals surface area contributed by atoms with Crippen molar-refractivity contribution in [3.05, 3.63) is 42.1 Å². The van der Waals surface area contributed by atoms with Crippen LogP contribution in [0.3, 0.4) is 0 Å². The number of pyridine rings is 1. The number of hydrogen-bond acceptors (Lipinski definition) is 6. The Morgan fingerprint density at radius 3 is 2.55 bits per heavy atom. The average Bonchev–Trinajstić information content (AvgIpc) is 3.08. The number of methoxy groups -OCH3 is 1. The molecule has 1 aliphatic rings. The number of hydrogen-bond donors (Lipinski definition) is 2. The van der Waals surface area contributed by atoms with Crippen LogP contribution in [0.5, 0.6) is 5.75 Å². The maximum absolute atomic E-state index is 14.2. The number of ether oxygens (including phenoxy) is 1. The number of carbonyl (C=O) groups excluding carboxylic acids is 1. The van der Waals surface area contributed by atoms with E-state index in [1.54, 1.807) is 0 Å². The van der Waals surface area contributed by atoms with Crippen molar-refractivity contribution >= 4 is 27.3 Å². The number of nitrogens with zero attached hydrogens (tertiary/aromatic N) is 2. The van der Waals surface area contributed by atoms with E-state index in [0.29, 0.717) is 6.07 Å². The number of anilines is 2. The highest BCUT2D eigenvalue weighted by Gasteiger charge is 2.63.